The first-order valence-electron chi connectivity index (χ1n) is 9.53. The van der Waals surface area contributed by atoms with Gasteiger partial charge in [-0.25, -0.2) is 4.79 Å². The van der Waals surface area contributed by atoms with E-state index < -0.39 is 40.9 Å². The van der Waals surface area contributed by atoms with Crippen molar-refractivity contribution in [3.05, 3.63) is 28.8 Å². The standard InChI is InChI=1S/C21H31ClN2O6/c1-20(2,3)30-19(28)24-16(17(23)25)13(9-10-21(4,5)18(26)27)12-7-8-15(29-6)14(22)11-12/h7-8,11,13,16H,9-10H2,1-6H3,(H2,23,25)(H,24,28)(H,26,27)/t13?,16-/m1/s1. The molecule has 2 amide bonds. The number of carbonyl (C=O) groups excluding carboxylic acids is 2. The number of aliphatic carboxylic acids is 1. The van der Waals surface area contributed by atoms with Gasteiger partial charge in [-0.3, -0.25) is 9.59 Å². The molecule has 30 heavy (non-hydrogen) atoms. The molecule has 0 saturated carbocycles. The molecule has 1 unspecified atom stereocenters. The van der Waals surface area contributed by atoms with Crippen LogP contribution in [0, 0.1) is 5.41 Å². The molecule has 0 radical (unpaired) electrons. The molecule has 0 saturated heterocycles. The van der Waals surface area contributed by atoms with E-state index in [1.807, 2.05) is 0 Å². The molecule has 1 aromatic carbocycles. The van der Waals surface area contributed by atoms with Gasteiger partial charge in [0.05, 0.1) is 17.5 Å². The number of carboxylic acid groups (broad SMARTS) is 1. The highest BCUT2D eigenvalue weighted by atomic mass is 35.5. The Morgan fingerprint density at radius 1 is 1.20 bits per heavy atom. The van der Waals surface area contributed by atoms with Gasteiger partial charge in [-0.15, -0.1) is 0 Å². The molecule has 0 spiro atoms. The van der Waals surface area contributed by atoms with E-state index in [1.54, 1.807) is 52.8 Å². The summed E-state index contributed by atoms with van der Waals surface area (Å²) >= 11 is 6.24. The summed E-state index contributed by atoms with van der Waals surface area (Å²) in [6, 6.07) is 3.83. The van der Waals surface area contributed by atoms with E-state index >= 15 is 0 Å². The van der Waals surface area contributed by atoms with Crippen molar-refractivity contribution < 1.29 is 29.0 Å². The lowest BCUT2D eigenvalue weighted by Crippen LogP contribution is -2.49. The average molecular weight is 443 g/mol. The van der Waals surface area contributed by atoms with Crippen molar-refractivity contribution in [2.75, 3.05) is 7.11 Å². The van der Waals surface area contributed by atoms with Gasteiger partial charge in [0.2, 0.25) is 5.91 Å². The van der Waals surface area contributed by atoms with E-state index in [4.69, 9.17) is 26.8 Å². The van der Waals surface area contributed by atoms with Gasteiger partial charge in [0.1, 0.15) is 17.4 Å². The Labute approximate surface area is 182 Å². The molecule has 168 valence electrons. The maximum absolute atomic E-state index is 12.3. The first-order chi connectivity index (χ1) is 13.7. The number of primary amides is 1. The Balaban J connectivity index is 3.30. The Morgan fingerprint density at radius 3 is 2.23 bits per heavy atom. The lowest BCUT2D eigenvalue weighted by Gasteiger charge is -2.30. The van der Waals surface area contributed by atoms with E-state index in [0.717, 1.165) is 0 Å². The minimum Gasteiger partial charge on any atom is -0.495 e. The van der Waals surface area contributed by atoms with Crippen LogP contribution in [0.1, 0.15) is 58.9 Å². The first kappa shape index (κ1) is 25.6. The van der Waals surface area contributed by atoms with E-state index in [2.05, 4.69) is 5.32 Å². The molecule has 0 aliphatic rings. The SMILES string of the molecule is COc1ccc(C(CCC(C)(C)C(=O)O)[C@@H](NC(=O)OC(C)(C)C)C(N)=O)cc1Cl. The molecule has 0 aliphatic carbocycles. The number of hydrogen-bond donors (Lipinski definition) is 3. The second-order valence-corrected chi connectivity index (χ2v) is 9.16. The molecule has 9 heteroatoms. The second-order valence-electron chi connectivity index (χ2n) is 8.75. The molecule has 1 rings (SSSR count). The van der Waals surface area contributed by atoms with E-state index in [-0.39, 0.29) is 12.8 Å². The van der Waals surface area contributed by atoms with Crippen molar-refractivity contribution in [1.29, 1.82) is 0 Å². The van der Waals surface area contributed by atoms with Crippen LogP contribution in [0.2, 0.25) is 5.02 Å². The summed E-state index contributed by atoms with van der Waals surface area (Å²) in [6.07, 6.45) is -0.310. The van der Waals surface area contributed by atoms with Crippen LogP contribution in [0.5, 0.6) is 5.75 Å². The van der Waals surface area contributed by atoms with Crippen LogP contribution in [0.4, 0.5) is 4.79 Å². The minimum absolute atomic E-state index is 0.233. The van der Waals surface area contributed by atoms with Gasteiger partial charge >= 0.3 is 12.1 Å². The third-order valence-electron chi connectivity index (χ3n) is 4.64. The number of hydrogen-bond acceptors (Lipinski definition) is 5. The first-order valence-corrected chi connectivity index (χ1v) is 9.91. The van der Waals surface area contributed by atoms with Crippen LogP contribution in [-0.4, -0.2) is 41.8 Å². The van der Waals surface area contributed by atoms with Gasteiger partial charge in [-0.1, -0.05) is 17.7 Å². The number of carbonyl (C=O) groups is 3. The zero-order valence-corrected chi connectivity index (χ0v) is 19.0. The number of nitrogens with one attached hydrogen (secondary N) is 1. The summed E-state index contributed by atoms with van der Waals surface area (Å²) in [7, 11) is 1.48. The molecule has 0 bridgehead atoms. The fourth-order valence-electron chi connectivity index (χ4n) is 2.87. The van der Waals surface area contributed by atoms with Gasteiger partial charge < -0.3 is 25.6 Å². The number of benzene rings is 1. The number of ether oxygens (including phenoxy) is 2. The zero-order chi connectivity index (χ0) is 23.3. The number of amides is 2. The molecule has 0 fully saturated rings. The Morgan fingerprint density at radius 2 is 1.80 bits per heavy atom. The van der Waals surface area contributed by atoms with Crippen LogP contribution in [0.25, 0.3) is 0 Å². The zero-order valence-electron chi connectivity index (χ0n) is 18.2. The second kappa shape index (κ2) is 10.0. The van der Waals surface area contributed by atoms with Crippen LogP contribution < -0.4 is 15.8 Å². The highest BCUT2D eigenvalue weighted by Gasteiger charge is 2.35. The quantitative estimate of drug-likeness (QED) is 0.534. The largest absolute Gasteiger partial charge is 0.495 e. The summed E-state index contributed by atoms with van der Waals surface area (Å²) in [5.41, 5.74) is 4.40. The van der Waals surface area contributed by atoms with Crippen LogP contribution in [-0.2, 0) is 14.3 Å². The lowest BCUT2D eigenvalue weighted by molar-refractivity contribution is -0.147. The lowest BCUT2D eigenvalue weighted by atomic mass is 9.79. The fraction of sp³-hybridized carbons (Fsp3) is 0.571. The Hall–Kier alpha value is -2.48. The van der Waals surface area contributed by atoms with Gasteiger partial charge in [0, 0.05) is 5.92 Å². The van der Waals surface area contributed by atoms with Crippen LogP contribution in [0.3, 0.4) is 0 Å². The summed E-state index contributed by atoms with van der Waals surface area (Å²) in [5.74, 6) is -1.92. The van der Waals surface area contributed by atoms with Crippen molar-refractivity contribution in [3.8, 4) is 5.75 Å². The van der Waals surface area contributed by atoms with E-state index in [0.29, 0.717) is 16.3 Å². The van der Waals surface area contributed by atoms with Gasteiger partial charge in [0.15, 0.2) is 0 Å². The molecule has 0 heterocycles. The fourth-order valence-corrected chi connectivity index (χ4v) is 3.13. The smallest absolute Gasteiger partial charge is 0.408 e. The monoisotopic (exact) mass is 442 g/mol. The molecule has 0 aromatic heterocycles. The number of halogens is 1. The summed E-state index contributed by atoms with van der Waals surface area (Å²) < 4.78 is 10.4. The summed E-state index contributed by atoms with van der Waals surface area (Å²) in [4.78, 5) is 36.1. The van der Waals surface area contributed by atoms with Crippen LogP contribution >= 0.6 is 11.6 Å². The predicted octanol–water partition coefficient (Wildman–Crippen LogP) is 3.70. The molecule has 8 nitrogen and oxygen atoms in total. The number of nitrogens with two attached hydrogens (primary N) is 1. The van der Waals surface area contributed by atoms with Gasteiger partial charge in [-0.05, 0) is 65.2 Å². The van der Waals surface area contributed by atoms with Gasteiger partial charge in [0.25, 0.3) is 0 Å². The van der Waals surface area contributed by atoms with E-state index in [9.17, 15) is 19.5 Å². The highest BCUT2D eigenvalue weighted by molar-refractivity contribution is 6.32. The van der Waals surface area contributed by atoms with Crippen molar-refractivity contribution >= 4 is 29.6 Å². The Kier molecular flexibility index (Phi) is 8.53. The maximum Gasteiger partial charge on any atom is 0.408 e. The molecule has 1 aromatic rings. The third kappa shape index (κ3) is 7.40. The molecule has 2 atom stereocenters. The maximum atomic E-state index is 12.3. The minimum atomic E-state index is -1.13. The normalized spacial score (nSPS) is 13.8. The highest BCUT2D eigenvalue weighted by Crippen LogP contribution is 2.35. The van der Waals surface area contributed by atoms with E-state index in [1.165, 1.54) is 7.11 Å². The molecule has 4 N–H and O–H groups in total. The van der Waals surface area contributed by atoms with Crippen LogP contribution in [0.15, 0.2) is 18.2 Å². The van der Waals surface area contributed by atoms with Gasteiger partial charge in [-0.2, -0.15) is 0 Å². The van der Waals surface area contributed by atoms with Crippen molar-refractivity contribution in [2.45, 2.75) is 65.0 Å². The number of carboxylic acids is 1. The molecular formula is C21H31ClN2O6. The predicted molar refractivity (Wildman–Crippen MR) is 114 cm³/mol. The van der Waals surface area contributed by atoms with Crippen molar-refractivity contribution in [1.82, 2.24) is 5.32 Å². The number of alkyl carbamates (subject to hydrolysis) is 1. The third-order valence-corrected chi connectivity index (χ3v) is 4.94. The average Bonchev–Trinajstić information content (AvgIpc) is 2.59. The molecular weight excluding hydrogens is 412 g/mol. The summed E-state index contributed by atoms with van der Waals surface area (Å²) in [5, 5.41) is 12.3. The Bertz CT molecular complexity index is 788. The van der Waals surface area contributed by atoms with Crippen molar-refractivity contribution in [2.24, 2.45) is 11.1 Å². The topological polar surface area (TPSA) is 128 Å². The van der Waals surface area contributed by atoms with Crippen molar-refractivity contribution in [3.63, 3.8) is 0 Å². The summed E-state index contributed by atoms with van der Waals surface area (Å²) in [6.45, 7) is 8.27. The number of methoxy groups -OCH3 is 1. The molecule has 0 aliphatic heterocycles. The number of rotatable bonds is 9.